The van der Waals surface area contributed by atoms with E-state index in [1.54, 1.807) is 20.3 Å². The van der Waals surface area contributed by atoms with Gasteiger partial charge in [-0.25, -0.2) is 0 Å². The number of piperazine rings is 1. The first-order valence-corrected chi connectivity index (χ1v) is 11.3. The average Bonchev–Trinajstić information content (AvgIpc) is 3.13. The Balaban J connectivity index is 1.53. The molecule has 2 heterocycles. The number of fused-ring (bicyclic) bond motifs is 1. The molecule has 0 aliphatic carbocycles. The SMILES string of the molecule is COc1cccc(N2CCN(C(=O)/C=C(\C)c3cc4c(C)c(C)oc4c(C)c3OC)CC2)c1. The van der Waals surface area contributed by atoms with Gasteiger partial charge >= 0.3 is 0 Å². The van der Waals surface area contributed by atoms with Crippen molar-refractivity contribution in [3.63, 3.8) is 0 Å². The van der Waals surface area contributed by atoms with Crippen molar-refractivity contribution in [2.24, 2.45) is 0 Å². The summed E-state index contributed by atoms with van der Waals surface area (Å²) < 4.78 is 17.0. The standard InChI is InChI=1S/C27H32N2O4/c1-17(23-16-24-18(2)20(4)33-27(24)19(3)26(23)32-6)14-25(30)29-12-10-28(11-13-29)21-8-7-9-22(15-21)31-5/h7-9,14-16H,10-13H2,1-6H3/b17-14+. The molecule has 0 radical (unpaired) electrons. The molecule has 33 heavy (non-hydrogen) atoms. The topological polar surface area (TPSA) is 55.2 Å². The Kier molecular flexibility index (Phi) is 6.36. The zero-order valence-electron chi connectivity index (χ0n) is 20.3. The van der Waals surface area contributed by atoms with Crippen LogP contribution in [0.5, 0.6) is 11.5 Å². The summed E-state index contributed by atoms with van der Waals surface area (Å²) in [6, 6.07) is 10.1. The Morgan fingerprint density at radius 3 is 2.39 bits per heavy atom. The maximum absolute atomic E-state index is 13.1. The Bertz CT molecular complexity index is 1220. The second kappa shape index (κ2) is 9.22. The summed E-state index contributed by atoms with van der Waals surface area (Å²) in [4.78, 5) is 17.3. The van der Waals surface area contributed by atoms with Crippen molar-refractivity contribution < 1.29 is 18.7 Å². The van der Waals surface area contributed by atoms with Crippen LogP contribution in [0.3, 0.4) is 0 Å². The lowest BCUT2D eigenvalue weighted by molar-refractivity contribution is -0.126. The molecule has 1 amide bonds. The lowest BCUT2D eigenvalue weighted by Gasteiger charge is -2.35. The lowest BCUT2D eigenvalue weighted by Crippen LogP contribution is -2.48. The van der Waals surface area contributed by atoms with Crippen LogP contribution in [0, 0.1) is 20.8 Å². The number of furan rings is 1. The van der Waals surface area contributed by atoms with E-state index in [2.05, 4.69) is 24.0 Å². The first-order valence-electron chi connectivity index (χ1n) is 11.3. The van der Waals surface area contributed by atoms with Crippen LogP contribution in [0.2, 0.25) is 0 Å². The summed E-state index contributed by atoms with van der Waals surface area (Å²) in [6.07, 6.45) is 1.73. The van der Waals surface area contributed by atoms with Gasteiger partial charge in [-0.15, -0.1) is 0 Å². The van der Waals surface area contributed by atoms with Gasteiger partial charge in [-0.1, -0.05) is 6.07 Å². The van der Waals surface area contributed by atoms with Crippen LogP contribution >= 0.6 is 0 Å². The minimum Gasteiger partial charge on any atom is -0.497 e. The maximum atomic E-state index is 13.1. The second-order valence-electron chi connectivity index (χ2n) is 8.58. The highest BCUT2D eigenvalue weighted by Gasteiger charge is 2.22. The molecular weight excluding hydrogens is 416 g/mol. The van der Waals surface area contributed by atoms with E-state index in [0.29, 0.717) is 13.1 Å². The van der Waals surface area contributed by atoms with Gasteiger partial charge in [-0.05, 0) is 57.0 Å². The van der Waals surface area contributed by atoms with Crippen molar-refractivity contribution in [1.82, 2.24) is 4.90 Å². The van der Waals surface area contributed by atoms with Crippen molar-refractivity contribution in [1.29, 1.82) is 0 Å². The van der Waals surface area contributed by atoms with Crippen LogP contribution in [0.15, 0.2) is 40.8 Å². The van der Waals surface area contributed by atoms with E-state index in [9.17, 15) is 4.79 Å². The number of hydrogen-bond acceptors (Lipinski definition) is 5. The highest BCUT2D eigenvalue weighted by atomic mass is 16.5. The van der Waals surface area contributed by atoms with Crippen molar-refractivity contribution in [3.05, 3.63) is 58.9 Å². The summed E-state index contributed by atoms with van der Waals surface area (Å²) in [7, 11) is 3.33. The van der Waals surface area contributed by atoms with Gasteiger partial charge < -0.3 is 23.7 Å². The van der Waals surface area contributed by atoms with E-state index in [4.69, 9.17) is 13.9 Å². The van der Waals surface area contributed by atoms with E-state index in [-0.39, 0.29) is 5.91 Å². The molecule has 1 aromatic heterocycles. The third kappa shape index (κ3) is 4.30. The smallest absolute Gasteiger partial charge is 0.246 e. The van der Waals surface area contributed by atoms with Crippen molar-refractivity contribution in [2.45, 2.75) is 27.7 Å². The molecule has 4 rings (SSSR count). The fourth-order valence-electron chi connectivity index (χ4n) is 4.51. The number of carbonyl (C=O) groups is 1. The van der Waals surface area contributed by atoms with Gasteiger partial charge in [0.2, 0.25) is 5.91 Å². The molecule has 174 valence electrons. The normalized spacial score (nSPS) is 14.7. The zero-order chi connectivity index (χ0) is 23.7. The van der Waals surface area contributed by atoms with E-state index < -0.39 is 0 Å². The minimum absolute atomic E-state index is 0.0256. The van der Waals surface area contributed by atoms with Gasteiger partial charge in [0, 0.05) is 60.5 Å². The highest BCUT2D eigenvalue weighted by molar-refractivity contribution is 5.98. The van der Waals surface area contributed by atoms with Crippen LogP contribution in [0.1, 0.15) is 29.4 Å². The number of hydrogen-bond donors (Lipinski definition) is 0. The Morgan fingerprint density at radius 2 is 1.73 bits per heavy atom. The molecule has 1 aliphatic heterocycles. The number of anilines is 1. The fourth-order valence-corrected chi connectivity index (χ4v) is 4.51. The number of aryl methyl sites for hydroxylation is 3. The van der Waals surface area contributed by atoms with Gasteiger partial charge in [0.15, 0.2) is 0 Å². The molecule has 2 aromatic carbocycles. The second-order valence-corrected chi connectivity index (χ2v) is 8.58. The van der Waals surface area contributed by atoms with Crippen molar-refractivity contribution >= 4 is 28.1 Å². The molecule has 3 aromatic rings. The number of amides is 1. The summed E-state index contributed by atoms with van der Waals surface area (Å²) >= 11 is 0. The van der Waals surface area contributed by atoms with E-state index in [1.807, 2.05) is 43.9 Å². The van der Waals surface area contributed by atoms with Gasteiger partial charge in [0.1, 0.15) is 22.8 Å². The van der Waals surface area contributed by atoms with Gasteiger partial charge in [0.05, 0.1) is 14.2 Å². The number of carbonyl (C=O) groups excluding carboxylic acids is 1. The summed E-state index contributed by atoms with van der Waals surface area (Å²) in [5.41, 5.74) is 5.84. The first-order chi connectivity index (χ1) is 15.8. The monoisotopic (exact) mass is 448 g/mol. The molecule has 1 fully saturated rings. The largest absolute Gasteiger partial charge is 0.497 e. The number of nitrogens with zero attached hydrogens (tertiary/aromatic N) is 2. The summed E-state index contributed by atoms with van der Waals surface area (Å²) in [5.74, 6) is 2.52. The molecule has 0 N–H and O–H groups in total. The zero-order valence-corrected chi connectivity index (χ0v) is 20.3. The molecule has 0 unspecified atom stereocenters. The first kappa shape index (κ1) is 22.8. The van der Waals surface area contributed by atoms with Crippen LogP contribution in [-0.2, 0) is 4.79 Å². The Hall–Kier alpha value is -3.41. The number of ether oxygens (including phenoxy) is 2. The Labute approximate surface area is 195 Å². The van der Waals surface area contributed by atoms with Crippen LogP contribution < -0.4 is 14.4 Å². The van der Waals surface area contributed by atoms with E-state index >= 15 is 0 Å². The summed E-state index contributed by atoms with van der Waals surface area (Å²) in [6.45, 7) is 10.9. The van der Waals surface area contributed by atoms with Crippen LogP contribution in [0.4, 0.5) is 5.69 Å². The summed E-state index contributed by atoms with van der Waals surface area (Å²) in [5, 5.41) is 1.06. The highest BCUT2D eigenvalue weighted by Crippen LogP contribution is 2.38. The predicted octanol–water partition coefficient (Wildman–Crippen LogP) is 5.13. The lowest BCUT2D eigenvalue weighted by atomic mass is 9.98. The number of benzene rings is 2. The molecule has 0 spiro atoms. The molecule has 6 heteroatoms. The van der Waals surface area contributed by atoms with Gasteiger partial charge in [-0.2, -0.15) is 0 Å². The molecular formula is C27H32N2O4. The third-order valence-corrected chi connectivity index (χ3v) is 6.63. The van der Waals surface area contributed by atoms with Crippen LogP contribution in [-0.4, -0.2) is 51.2 Å². The number of methoxy groups -OCH3 is 2. The van der Waals surface area contributed by atoms with Crippen molar-refractivity contribution in [3.8, 4) is 11.5 Å². The van der Waals surface area contributed by atoms with Crippen LogP contribution in [0.25, 0.3) is 16.5 Å². The molecule has 1 saturated heterocycles. The molecule has 6 nitrogen and oxygen atoms in total. The predicted molar refractivity (Wildman–Crippen MR) is 132 cm³/mol. The minimum atomic E-state index is 0.0256. The number of allylic oxidation sites excluding steroid dienone is 1. The molecule has 0 atom stereocenters. The quantitative estimate of drug-likeness (QED) is 0.507. The fraction of sp³-hybridized carbons (Fsp3) is 0.370. The van der Waals surface area contributed by atoms with Gasteiger partial charge in [0.25, 0.3) is 0 Å². The average molecular weight is 449 g/mol. The van der Waals surface area contributed by atoms with Crippen molar-refractivity contribution in [2.75, 3.05) is 45.3 Å². The molecule has 1 aliphatic rings. The number of rotatable bonds is 5. The maximum Gasteiger partial charge on any atom is 0.246 e. The third-order valence-electron chi connectivity index (χ3n) is 6.63. The Morgan fingerprint density at radius 1 is 1.00 bits per heavy atom. The molecule has 0 bridgehead atoms. The van der Waals surface area contributed by atoms with E-state index in [1.165, 1.54) is 0 Å². The van der Waals surface area contributed by atoms with E-state index in [0.717, 1.165) is 69.3 Å². The van der Waals surface area contributed by atoms with Gasteiger partial charge in [-0.3, -0.25) is 4.79 Å². The molecule has 0 saturated carbocycles.